The standard InChI is InChI=1S/C40H21N3S3/c1-5-16-30-22(10-1)28-21-35-29(24-12-3-6-17-32(24)44-35)20-31(28)43(30)40-41-36-26-13-4-8-19-34(26)46-39(36)37(42-40)27-15-9-14-25-23-11-2-7-18-33(23)45-38(25)27/h1-21H. The maximum Gasteiger partial charge on any atom is 0.235 e. The molecule has 6 aromatic carbocycles. The minimum Gasteiger partial charge on any atom is -0.278 e. The average Bonchev–Trinajstić information content (AvgIpc) is 3.85. The second-order valence-electron chi connectivity index (χ2n) is 11.7. The van der Waals surface area contributed by atoms with Crippen LogP contribution in [-0.4, -0.2) is 14.5 Å². The lowest BCUT2D eigenvalue weighted by molar-refractivity contribution is 1.02. The van der Waals surface area contributed by atoms with Gasteiger partial charge in [-0.1, -0.05) is 91.0 Å². The number of thiophene rings is 3. The topological polar surface area (TPSA) is 30.7 Å². The Kier molecular flexibility index (Phi) is 5.02. The van der Waals surface area contributed by atoms with Crippen LogP contribution in [0, 0.1) is 0 Å². The van der Waals surface area contributed by atoms with E-state index in [1.807, 2.05) is 22.7 Å². The van der Waals surface area contributed by atoms with Gasteiger partial charge in [0.2, 0.25) is 5.95 Å². The highest BCUT2D eigenvalue weighted by molar-refractivity contribution is 7.27. The molecule has 6 heteroatoms. The van der Waals surface area contributed by atoms with E-state index in [0.717, 1.165) is 32.5 Å². The molecule has 5 heterocycles. The molecule has 0 saturated heterocycles. The molecule has 5 aromatic heterocycles. The van der Waals surface area contributed by atoms with Crippen LogP contribution in [-0.2, 0) is 0 Å². The maximum atomic E-state index is 5.53. The molecule has 0 aliphatic carbocycles. The lowest BCUT2D eigenvalue weighted by atomic mass is 10.1. The molecule has 0 saturated carbocycles. The fourth-order valence-corrected chi connectivity index (χ4v) is 10.7. The van der Waals surface area contributed by atoms with E-state index in [1.165, 1.54) is 61.2 Å². The summed E-state index contributed by atoms with van der Waals surface area (Å²) in [5.74, 6) is 0.703. The summed E-state index contributed by atoms with van der Waals surface area (Å²) in [5, 5.41) is 8.73. The molecule has 11 rings (SSSR count). The van der Waals surface area contributed by atoms with E-state index >= 15 is 0 Å². The summed E-state index contributed by atoms with van der Waals surface area (Å²) in [5.41, 5.74) is 5.40. The Morgan fingerprint density at radius 1 is 0.413 bits per heavy atom. The van der Waals surface area contributed by atoms with Crippen LogP contribution < -0.4 is 0 Å². The van der Waals surface area contributed by atoms with Gasteiger partial charge in [0.1, 0.15) is 0 Å². The highest BCUT2D eigenvalue weighted by atomic mass is 32.1. The molecular formula is C40H21N3S3. The van der Waals surface area contributed by atoms with E-state index in [1.54, 1.807) is 11.3 Å². The number of fused-ring (bicyclic) bond motifs is 12. The van der Waals surface area contributed by atoms with E-state index in [2.05, 4.69) is 132 Å². The molecule has 0 bridgehead atoms. The number of aromatic nitrogens is 3. The van der Waals surface area contributed by atoms with Crippen molar-refractivity contribution in [1.82, 2.24) is 14.5 Å². The molecule has 0 fully saturated rings. The van der Waals surface area contributed by atoms with E-state index in [4.69, 9.17) is 9.97 Å². The van der Waals surface area contributed by atoms with Crippen molar-refractivity contribution >= 4 is 116 Å². The Morgan fingerprint density at radius 2 is 1.04 bits per heavy atom. The van der Waals surface area contributed by atoms with Crippen LogP contribution in [0.2, 0.25) is 0 Å². The van der Waals surface area contributed by atoms with E-state index in [0.29, 0.717) is 5.95 Å². The van der Waals surface area contributed by atoms with Crippen LogP contribution in [0.1, 0.15) is 0 Å². The average molecular weight is 640 g/mol. The molecule has 0 N–H and O–H groups in total. The largest absolute Gasteiger partial charge is 0.278 e. The Hall–Kier alpha value is -5.14. The molecule has 0 aliphatic rings. The minimum absolute atomic E-state index is 0.703. The van der Waals surface area contributed by atoms with E-state index in [-0.39, 0.29) is 0 Å². The van der Waals surface area contributed by atoms with Gasteiger partial charge in [-0.15, -0.1) is 34.0 Å². The van der Waals surface area contributed by atoms with Crippen molar-refractivity contribution < 1.29 is 0 Å². The van der Waals surface area contributed by atoms with E-state index in [9.17, 15) is 0 Å². The highest BCUT2D eigenvalue weighted by Gasteiger charge is 2.22. The first-order valence-electron chi connectivity index (χ1n) is 15.2. The van der Waals surface area contributed by atoms with Gasteiger partial charge in [0, 0.05) is 66.8 Å². The zero-order chi connectivity index (χ0) is 29.9. The first kappa shape index (κ1) is 25.1. The van der Waals surface area contributed by atoms with Crippen molar-refractivity contribution in [3.05, 3.63) is 127 Å². The Morgan fingerprint density at radius 3 is 1.87 bits per heavy atom. The summed E-state index contributed by atoms with van der Waals surface area (Å²) in [7, 11) is 0. The molecule has 0 aliphatic heterocycles. The molecule has 0 radical (unpaired) electrons. The molecule has 0 unspecified atom stereocenters. The van der Waals surface area contributed by atoms with Crippen molar-refractivity contribution in [1.29, 1.82) is 0 Å². The first-order chi connectivity index (χ1) is 22.8. The van der Waals surface area contributed by atoms with Crippen molar-refractivity contribution in [2.24, 2.45) is 0 Å². The monoisotopic (exact) mass is 639 g/mol. The SMILES string of the molecule is c1ccc2c(c1)sc1cc3c4ccccc4n(-c4nc(-c5cccc6c5sc5ccccc56)c5sc6ccccc6c5n4)c3cc12. The normalized spacial score (nSPS) is 12.3. The number of rotatable bonds is 2. The molecular weight excluding hydrogens is 619 g/mol. The molecule has 0 spiro atoms. The van der Waals surface area contributed by atoms with Gasteiger partial charge in [0.05, 0.1) is 26.9 Å². The number of hydrogen-bond donors (Lipinski definition) is 0. The zero-order valence-corrected chi connectivity index (χ0v) is 26.6. The maximum absolute atomic E-state index is 5.53. The Balaban J connectivity index is 1.30. The van der Waals surface area contributed by atoms with Crippen molar-refractivity contribution in [2.45, 2.75) is 0 Å². The van der Waals surface area contributed by atoms with Crippen LogP contribution in [0.4, 0.5) is 0 Å². The third kappa shape index (κ3) is 3.35. The van der Waals surface area contributed by atoms with Gasteiger partial charge in [0.15, 0.2) is 0 Å². The predicted octanol–water partition coefficient (Wildman–Crippen LogP) is 12.3. The zero-order valence-electron chi connectivity index (χ0n) is 24.2. The molecule has 0 amide bonds. The van der Waals surface area contributed by atoms with Gasteiger partial charge in [-0.25, -0.2) is 9.97 Å². The van der Waals surface area contributed by atoms with Crippen molar-refractivity contribution in [3.8, 4) is 17.2 Å². The van der Waals surface area contributed by atoms with Gasteiger partial charge in [-0.3, -0.25) is 4.57 Å². The van der Waals surface area contributed by atoms with Crippen LogP contribution >= 0.6 is 34.0 Å². The van der Waals surface area contributed by atoms with Crippen LogP contribution in [0.3, 0.4) is 0 Å². The molecule has 214 valence electrons. The minimum atomic E-state index is 0.703. The van der Waals surface area contributed by atoms with E-state index < -0.39 is 0 Å². The molecule has 3 nitrogen and oxygen atoms in total. The van der Waals surface area contributed by atoms with Gasteiger partial charge >= 0.3 is 0 Å². The lowest BCUT2D eigenvalue weighted by Gasteiger charge is -2.11. The molecule has 11 aromatic rings. The second kappa shape index (κ2) is 9.21. The van der Waals surface area contributed by atoms with Crippen LogP contribution in [0.25, 0.3) is 99.7 Å². The lowest BCUT2D eigenvalue weighted by Crippen LogP contribution is -2.02. The van der Waals surface area contributed by atoms with Gasteiger partial charge in [-0.05, 0) is 36.4 Å². The summed E-state index contributed by atoms with van der Waals surface area (Å²) in [6, 6.07) is 46.1. The third-order valence-corrected chi connectivity index (χ3v) is 12.8. The third-order valence-electron chi connectivity index (χ3n) is 9.24. The van der Waals surface area contributed by atoms with Crippen molar-refractivity contribution in [2.75, 3.05) is 0 Å². The quantitative estimate of drug-likeness (QED) is 0.188. The van der Waals surface area contributed by atoms with Crippen LogP contribution in [0.15, 0.2) is 127 Å². The second-order valence-corrected chi connectivity index (χ2v) is 14.9. The van der Waals surface area contributed by atoms with Gasteiger partial charge < -0.3 is 0 Å². The fourth-order valence-electron chi connectivity index (χ4n) is 7.20. The number of para-hydroxylation sites is 1. The summed E-state index contributed by atoms with van der Waals surface area (Å²) < 4.78 is 9.80. The van der Waals surface area contributed by atoms with Crippen molar-refractivity contribution in [3.63, 3.8) is 0 Å². The highest BCUT2D eigenvalue weighted by Crippen LogP contribution is 2.45. The number of benzene rings is 6. The summed E-state index contributed by atoms with van der Waals surface area (Å²) in [4.78, 5) is 10.9. The fraction of sp³-hybridized carbons (Fsp3) is 0. The molecule has 0 atom stereocenters. The van der Waals surface area contributed by atoms with Crippen LogP contribution in [0.5, 0.6) is 0 Å². The van der Waals surface area contributed by atoms with Gasteiger partial charge in [0.25, 0.3) is 0 Å². The number of nitrogens with zero attached hydrogens (tertiary/aromatic N) is 3. The summed E-state index contributed by atoms with van der Waals surface area (Å²) in [6.07, 6.45) is 0. The summed E-state index contributed by atoms with van der Waals surface area (Å²) >= 11 is 5.50. The first-order valence-corrected chi connectivity index (χ1v) is 17.7. The van der Waals surface area contributed by atoms with Gasteiger partial charge in [-0.2, -0.15) is 0 Å². The number of hydrogen-bond acceptors (Lipinski definition) is 5. The predicted molar refractivity (Wildman–Crippen MR) is 200 cm³/mol. The Bertz CT molecular complexity index is 3050. The summed E-state index contributed by atoms with van der Waals surface area (Å²) in [6.45, 7) is 0. The molecule has 46 heavy (non-hydrogen) atoms. The smallest absolute Gasteiger partial charge is 0.235 e. The Labute approximate surface area is 274 Å².